The van der Waals surface area contributed by atoms with E-state index in [1.54, 1.807) is 6.92 Å². The molecule has 0 atom stereocenters. The number of nitrogen functional groups attached to an aromatic ring is 1. The zero-order valence-corrected chi connectivity index (χ0v) is 6.79. The lowest BCUT2D eigenvalue weighted by atomic mass is 10.3. The molecule has 1 aromatic rings. The summed E-state index contributed by atoms with van der Waals surface area (Å²) in [7, 11) is 0. The molecule has 0 aliphatic heterocycles. The van der Waals surface area contributed by atoms with E-state index in [4.69, 9.17) is 17.3 Å². The number of anilines is 1. The Balaban J connectivity index is 3.23. The van der Waals surface area contributed by atoms with E-state index in [0.717, 1.165) is 11.5 Å². The lowest BCUT2D eigenvalue weighted by molar-refractivity contribution is 0.108. The molecular formula is C5H5ClN2OS. The number of aryl methyl sites for hydroxylation is 1. The first kappa shape index (κ1) is 7.50. The van der Waals surface area contributed by atoms with Crippen LogP contribution in [0, 0.1) is 6.92 Å². The number of hydrogen-bond donors (Lipinski definition) is 1. The van der Waals surface area contributed by atoms with E-state index in [-0.39, 0.29) is 0 Å². The molecule has 5 heteroatoms. The maximum atomic E-state index is 10.6. The van der Waals surface area contributed by atoms with E-state index in [2.05, 4.69) is 4.37 Å². The van der Waals surface area contributed by atoms with Crippen LogP contribution in [0.15, 0.2) is 0 Å². The number of carbonyl (C=O) groups is 1. The van der Waals surface area contributed by atoms with Crippen LogP contribution < -0.4 is 5.73 Å². The van der Waals surface area contributed by atoms with Gasteiger partial charge in [-0.3, -0.25) is 4.79 Å². The third kappa shape index (κ3) is 1.12. The molecular weight excluding hydrogens is 172 g/mol. The van der Waals surface area contributed by atoms with E-state index < -0.39 is 5.24 Å². The maximum Gasteiger partial charge on any atom is 0.257 e. The molecule has 3 nitrogen and oxygen atoms in total. The molecule has 1 rings (SSSR count). The van der Waals surface area contributed by atoms with Gasteiger partial charge in [-0.1, -0.05) is 0 Å². The van der Waals surface area contributed by atoms with Crippen molar-refractivity contribution < 1.29 is 4.79 Å². The highest BCUT2D eigenvalue weighted by Gasteiger charge is 2.12. The number of hydrogen-bond acceptors (Lipinski definition) is 4. The highest BCUT2D eigenvalue weighted by atomic mass is 35.5. The molecule has 1 aromatic heterocycles. The van der Waals surface area contributed by atoms with Crippen LogP contribution in [0.5, 0.6) is 0 Å². The van der Waals surface area contributed by atoms with Crippen molar-refractivity contribution in [2.75, 3.05) is 5.73 Å². The number of halogens is 1. The first-order valence-electron chi connectivity index (χ1n) is 2.54. The van der Waals surface area contributed by atoms with Gasteiger partial charge in [0.25, 0.3) is 5.24 Å². The van der Waals surface area contributed by atoms with Gasteiger partial charge in [0, 0.05) is 0 Å². The van der Waals surface area contributed by atoms with Crippen molar-refractivity contribution in [2.24, 2.45) is 0 Å². The van der Waals surface area contributed by atoms with E-state index >= 15 is 0 Å². The van der Waals surface area contributed by atoms with Crippen LogP contribution in [-0.2, 0) is 0 Å². The van der Waals surface area contributed by atoms with Crippen molar-refractivity contribution in [3.63, 3.8) is 0 Å². The second-order valence-corrected chi connectivity index (χ2v) is 2.93. The Hall–Kier alpha value is -0.610. The average Bonchev–Trinajstić information content (AvgIpc) is 2.11. The minimum atomic E-state index is -0.538. The molecule has 0 saturated carbocycles. The van der Waals surface area contributed by atoms with Crippen molar-refractivity contribution in [1.29, 1.82) is 0 Å². The molecule has 0 saturated heterocycles. The summed E-state index contributed by atoms with van der Waals surface area (Å²) >= 11 is 6.28. The van der Waals surface area contributed by atoms with Gasteiger partial charge in [-0.05, 0) is 30.1 Å². The predicted molar refractivity (Wildman–Crippen MR) is 41.4 cm³/mol. The summed E-state index contributed by atoms with van der Waals surface area (Å²) < 4.78 is 3.85. The molecule has 0 aliphatic carbocycles. The van der Waals surface area contributed by atoms with Crippen LogP contribution in [0.3, 0.4) is 0 Å². The zero-order chi connectivity index (χ0) is 7.72. The van der Waals surface area contributed by atoms with Gasteiger partial charge < -0.3 is 5.73 Å². The molecule has 0 aromatic carbocycles. The number of nitrogens with two attached hydrogens (primary N) is 1. The highest BCUT2D eigenvalue weighted by molar-refractivity contribution is 7.10. The Bertz CT molecular complexity index is 251. The molecule has 2 N–H and O–H groups in total. The number of rotatable bonds is 1. The van der Waals surface area contributed by atoms with Gasteiger partial charge in [0.15, 0.2) is 0 Å². The summed E-state index contributed by atoms with van der Waals surface area (Å²) in [5.74, 6) is 0. The van der Waals surface area contributed by atoms with Crippen LogP contribution in [0.2, 0.25) is 0 Å². The van der Waals surface area contributed by atoms with Gasteiger partial charge in [0.05, 0.1) is 11.3 Å². The summed E-state index contributed by atoms with van der Waals surface area (Å²) in [4.78, 5) is 10.6. The Kier molecular flexibility index (Phi) is 1.92. The minimum absolute atomic E-state index is 0.340. The molecule has 1 heterocycles. The topological polar surface area (TPSA) is 56.0 Å². The fourth-order valence-electron chi connectivity index (χ4n) is 0.626. The first-order valence-corrected chi connectivity index (χ1v) is 3.69. The first-order chi connectivity index (χ1) is 4.63. The maximum absolute atomic E-state index is 10.6. The molecule has 54 valence electrons. The highest BCUT2D eigenvalue weighted by Crippen LogP contribution is 2.21. The van der Waals surface area contributed by atoms with Crippen LogP contribution in [0.1, 0.15) is 16.1 Å². The van der Waals surface area contributed by atoms with E-state index in [0.29, 0.717) is 16.3 Å². The Morgan fingerprint density at radius 2 is 2.40 bits per heavy atom. The summed E-state index contributed by atoms with van der Waals surface area (Å²) in [6.45, 7) is 1.70. The Morgan fingerprint density at radius 1 is 1.80 bits per heavy atom. The quantitative estimate of drug-likeness (QED) is 0.659. The third-order valence-corrected chi connectivity index (χ3v) is 2.04. The zero-order valence-electron chi connectivity index (χ0n) is 5.22. The normalized spacial score (nSPS) is 9.80. The van der Waals surface area contributed by atoms with Crippen molar-refractivity contribution in [3.05, 3.63) is 11.3 Å². The van der Waals surface area contributed by atoms with Crippen molar-refractivity contribution >= 4 is 33.4 Å². The van der Waals surface area contributed by atoms with Crippen molar-refractivity contribution in [3.8, 4) is 0 Å². The number of nitrogens with zero attached hydrogens (tertiary/aromatic N) is 1. The molecule has 0 unspecified atom stereocenters. The van der Waals surface area contributed by atoms with Crippen LogP contribution in [0.25, 0.3) is 0 Å². The molecule has 0 radical (unpaired) electrons. The van der Waals surface area contributed by atoms with Gasteiger partial charge in [0.1, 0.15) is 5.00 Å². The average molecular weight is 177 g/mol. The third-order valence-electron chi connectivity index (χ3n) is 1.09. The fraction of sp³-hybridized carbons (Fsp3) is 0.200. The van der Waals surface area contributed by atoms with E-state index in [1.807, 2.05) is 0 Å². The minimum Gasteiger partial charge on any atom is -0.389 e. The lowest BCUT2D eigenvalue weighted by Gasteiger charge is -1.88. The van der Waals surface area contributed by atoms with E-state index in [9.17, 15) is 4.79 Å². The van der Waals surface area contributed by atoms with Gasteiger partial charge in [-0.25, -0.2) is 0 Å². The van der Waals surface area contributed by atoms with Crippen LogP contribution in [0.4, 0.5) is 5.00 Å². The van der Waals surface area contributed by atoms with Crippen molar-refractivity contribution in [1.82, 2.24) is 4.37 Å². The standard InChI is InChI=1S/C5H5ClN2OS/c1-2-3(4(6)9)5(7)10-8-2/h7H2,1H3. The molecule has 0 bridgehead atoms. The Morgan fingerprint density at radius 3 is 2.60 bits per heavy atom. The molecule has 0 aliphatic rings. The van der Waals surface area contributed by atoms with Crippen molar-refractivity contribution in [2.45, 2.75) is 6.92 Å². The van der Waals surface area contributed by atoms with Gasteiger partial charge >= 0.3 is 0 Å². The summed E-state index contributed by atoms with van der Waals surface area (Å²) in [6.07, 6.45) is 0. The fourth-order valence-corrected chi connectivity index (χ4v) is 1.58. The number of aromatic nitrogens is 1. The lowest BCUT2D eigenvalue weighted by Crippen LogP contribution is -1.94. The predicted octanol–water partition coefficient (Wildman–Crippen LogP) is 1.41. The monoisotopic (exact) mass is 176 g/mol. The summed E-state index contributed by atoms with van der Waals surface area (Å²) in [5.41, 5.74) is 6.33. The molecule has 10 heavy (non-hydrogen) atoms. The smallest absolute Gasteiger partial charge is 0.257 e. The summed E-state index contributed by atoms with van der Waals surface area (Å²) in [5, 5.41) is -0.152. The number of carbonyl (C=O) groups excluding carboxylic acids is 1. The van der Waals surface area contributed by atoms with Gasteiger partial charge in [0.2, 0.25) is 0 Å². The largest absolute Gasteiger partial charge is 0.389 e. The van der Waals surface area contributed by atoms with Gasteiger partial charge in [-0.2, -0.15) is 4.37 Å². The molecule has 0 spiro atoms. The van der Waals surface area contributed by atoms with E-state index in [1.165, 1.54) is 0 Å². The second kappa shape index (κ2) is 2.56. The summed E-state index contributed by atoms with van der Waals surface area (Å²) in [6, 6.07) is 0. The SMILES string of the molecule is Cc1nsc(N)c1C(=O)Cl. The second-order valence-electron chi connectivity index (χ2n) is 1.78. The van der Waals surface area contributed by atoms with Crippen LogP contribution >= 0.6 is 23.1 Å². The Labute approximate surface area is 67.0 Å². The van der Waals surface area contributed by atoms with Gasteiger partial charge in [-0.15, -0.1) is 0 Å². The molecule has 0 fully saturated rings. The molecule has 0 amide bonds. The van der Waals surface area contributed by atoms with Crippen LogP contribution in [-0.4, -0.2) is 9.62 Å².